The Morgan fingerprint density at radius 3 is 2.60 bits per heavy atom. The predicted octanol–water partition coefficient (Wildman–Crippen LogP) is 2.93. The molecular weight excluding hydrogens is 184 g/mol. The summed E-state index contributed by atoms with van der Waals surface area (Å²) in [7, 11) is 0. The summed E-state index contributed by atoms with van der Waals surface area (Å²) >= 11 is 0. The third-order valence-electron chi connectivity index (χ3n) is 2.74. The van der Waals surface area contributed by atoms with E-state index in [1.165, 1.54) is 5.69 Å². The van der Waals surface area contributed by atoms with Crippen molar-refractivity contribution in [2.45, 2.75) is 6.92 Å². The second-order valence-electron chi connectivity index (χ2n) is 3.78. The zero-order valence-corrected chi connectivity index (χ0v) is 9.06. The molecule has 2 nitrogen and oxygen atoms in total. The monoisotopic (exact) mass is 201 g/mol. The van der Waals surface area contributed by atoms with E-state index < -0.39 is 0 Å². The molecule has 1 N–H and O–H groups in total. The van der Waals surface area contributed by atoms with Crippen molar-refractivity contribution in [2.75, 3.05) is 18.5 Å². The van der Waals surface area contributed by atoms with Gasteiger partial charge in [-0.05, 0) is 31.2 Å². The summed E-state index contributed by atoms with van der Waals surface area (Å²) in [6.07, 6.45) is 8.59. The molecule has 2 heteroatoms. The molecule has 0 saturated heterocycles. The number of likely N-dealkylation sites (N-methyl/N-ethyl adjacent to an activating group) is 1. The quantitative estimate of drug-likeness (QED) is 0.741. The maximum Gasteiger partial charge on any atom is 0.124 e. The Balaban J connectivity index is 2.15. The van der Waals surface area contributed by atoms with Gasteiger partial charge >= 0.3 is 0 Å². The number of rotatable bonds is 3. The number of benzene rings is 1. The molecule has 0 amide bonds. The first-order valence-electron chi connectivity index (χ1n) is 5.39. The highest BCUT2D eigenvalue weighted by molar-refractivity contribution is 5.40. The summed E-state index contributed by atoms with van der Waals surface area (Å²) in [5.41, 5.74) is 4.71. The van der Waals surface area contributed by atoms with Gasteiger partial charge in [-0.1, -0.05) is 24.3 Å². The molecular formula is C13H17N2+. The van der Waals surface area contributed by atoms with Crippen LogP contribution < -0.4 is 5.43 Å². The molecule has 15 heavy (non-hydrogen) atoms. The van der Waals surface area contributed by atoms with E-state index in [4.69, 9.17) is 0 Å². The van der Waals surface area contributed by atoms with E-state index in [0.717, 1.165) is 17.7 Å². The molecule has 1 aromatic carbocycles. The number of para-hydroxylation sites is 1. The van der Waals surface area contributed by atoms with Crippen molar-refractivity contribution in [3.63, 3.8) is 0 Å². The van der Waals surface area contributed by atoms with Crippen LogP contribution in [0.1, 0.15) is 6.92 Å². The Labute approximate surface area is 91.1 Å². The summed E-state index contributed by atoms with van der Waals surface area (Å²) in [5, 5.41) is 0. The van der Waals surface area contributed by atoms with E-state index in [0.29, 0.717) is 0 Å². The Morgan fingerprint density at radius 1 is 1.20 bits per heavy atom. The van der Waals surface area contributed by atoms with E-state index in [2.05, 4.69) is 61.0 Å². The lowest BCUT2D eigenvalue weighted by Gasteiger charge is -2.34. The van der Waals surface area contributed by atoms with Crippen LogP contribution >= 0.6 is 0 Å². The van der Waals surface area contributed by atoms with E-state index in [9.17, 15) is 0 Å². The highest BCUT2D eigenvalue weighted by Gasteiger charge is 2.22. The average molecular weight is 201 g/mol. The molecule has 0 fully saturated rings. The fourth-order valence-corrected chi connectivity index (χ4v) is 1.77. The number of quaternary nitrogens is 1. The van der Waals surface area contributed by atoms with Gasteiger partial charge in [-0.15, -0.1) is 0 Å². The van der Waals surface area contributed by atoms with E-state index >= 15 is 0 Å². The van der Waals surface area contributed by atoms with Crippen LogP contribution in [0.2, 0.25) is 0 Å². The Hall–Kier alpha value is -1.54. The fraction of sp³-hybridized carbons (Fsp3) is 0.231. The minimum Gasteiger partial charge on any atom is -0.232 e. The molecule has 1 atom stereocenters. The maximum absolute atomic E-state index is 3.54. The lowest BCUT2D eigenvalue weighted by atomic mass is 10.3. The SMILES string of the molecule is CC[N+]1(Nc2ccccc2)C=CC=CC1. The molecule has 0 aromatic heterocycles. The molecule has 2 rings (SSSR count). The zero-order chi connectivity index (χ0) is 10.6. The van der Waals surface area contributed by atoms with Gasteiger partial charge in [0.15, 0.2) is 0 Å². The summed E-state index contributed by atoms with van der Waals surface area (Å²) in [5.74, 6) is 0. The summed E-state index contributed by atoms with van der Waals surface area (Å²) in [6, 6.07) is 10.3. The first-order chi connectivity index (χ1) is 7.35. The van der Waals surface area contributed by atoms with Gasteiger partial charge in [0.05, 0.1) is 5.69 Å². The molecule has 0 saturated carbocycles. The normalized spacial score (nSPS) is 24.1. The zero-order valence-electron chi connectivity index (χ0n) is 9.06. The molecule has 1 aromatic rings. The van der Waals surface area contributed by atoms with Crippen molar-refractivity contribution in [3.05, 3.63) is 54.8 Å². The van der Waals surface area contributed by atoms with Gasteiger partial charge in [-0.2, -0.15) is 4.59 Å². The third-order valence-corrected chi connectivity index (χ3v) is 2.74. The van der Waals surface area contributed by atoms with Crippen molar-refractivity contribution < 1.29 is 4.59 Å². The first kappa shape index (κ1) is 9.99. The van der Waals surface area contributed by atoms with Crippen LogP contribution in [-0.4, -0.2) is 17.7 Å². The van der Waals surface area contributed by atoms with Crippen LogP contribution in [0.5, 0.6) is 0 Å². The van der Waals surface area contributed by atoms with Gasteiger partial charge in [-0.3, -0.25) is 0 Å². The summed E-state index contributed by atoms with van der Waals surface area (Å²) < 4.78 is 0.792. The molecule has 1 aliphatic rings. The number of hydrogen-bond acceptors (Lipinski definition) is 1. The predicted molar refractivity (Wildman–Crippen MR) is 64.0 cm³/mol. The van der Waals surface area contributed by atoms with Gasteiger partial charge in [0.25, 0.3) is 0 Å². The van der Waals surface area contributed by atoms with Gasteiger partial charge in [0, 0.05) is 0 Å². The number of allylic oxidation sites excluding steroid dienone is 2. The van der Waals surface area contributed by atoms with E-state index in [1.54, 1.807) is 0 Å². The number of nitrogens with one attached hydrogen (secondary N) is 1. The number of hydrogen-bond donors (Lipinski definition) is 1. The maximum atomic E-state index is 3.54. The topological polar surface area (TPSA) is 12.0 Å². The Bertz CT molecular complexity index is 367. The number of anilines is 1. The third kappa shape index (κ3) is 2.28. The average Bonchev–Trinajstić information content (AvgIpc) is 2.32. The molecule has 0 radical (unpaired) electrons. The summed E-state index contributed by atoms with van der Waals surface area (Å²) in [6.45, 7) is 4.23. The second kappa shape index (κ2) is 4.32. The van der Waals surface area contributed by atoms with Gasteiger partial charge in [0.2, 0.25) is 0 Å². The van der Waals surface area contributed by atoms with Crippen LogP contribution in [0, 0.1) is 0 Å². The van der Waals surface area contributed by atoms with Crippen LogP contribution in [0.4, 0.5) is 5.69 Å². The van der Waals surface area contributed by atoms with Crippen molar-refractivity contribution in [1.29, 1.82) is 0 Å². The molecule has 0 spiro atoms. The first-order valence-corrected chi connectivity index (χ1v) is 5.39. The van der Waals surface area contributed by atoms with Crippen LogP contribution in [0.3, 0.4) is 0 Å². The van der Waals surface area contributed by atoms with Crippen LogP contribution in [0.25, 0.3) is 0 Å². The Morgan fingerprint density at radius 2 is 2.00 bits per heavy atom. The van der Waals surface area contributed by atoms with Gasteiger partial charge in [-0.25, -0.2) is 5.43 Å². The van der Waals surface area contributed by atoms with Crippen molar-refractivity contribution in [3.8, 4) is 0 Å². The van der Waals surface area contributed by atoms with Crippen LogP contribution in [0.15, 0.2) is 54.8 Å². The molecule has 0 aliphatic carbocycles. The smallest absolute Gasteiger partial charge is 0.124 e. The highest BCUT2D eigenvalue weighted by Crippen LogP contribution is 2.16. The molecule has 78 valence electrons. The van der Waals surface area contributed by atoms with Gasteiger partial charge < -0.3 is 0 Å². The van der Waals surface area contributed by atoms with E-state index in [-0.39, 0.29) is 0 Å². The lowest BCUT2D eigenvalue weighted by Crippen LogP contribution is -2.48. The molecule has 1 heterocycles. The largest absolute Gasteiger partial charge is 0.232 e. The highest BCUT2D eigenvalue weighted by atomic mass is 15.6. The second-order valence-corrected chi connectivity index (χ2v) is 3.78. The van der Waals surface area contributed by atoms with E-state index in [1.807, 2.05) is 6.07 Å². The minimum atomic E-state index is 0.792. The lowest BCUT2D eigenvalue weighted by molar-refractivity contribution is -0.850. The van der Waals surface area contributed by atoms with Crippen molar-refractivity contribution in [1.82, 2.24) is 0 Å². The van der Waals surface area contributed by atoms with Gasteiger partial charge in [0.1, 0.15) is 19.3 Å². The Kier molecular flexibility index (Phi) is 2.88. The fourth-order valence-electron chi connectivity index (χ4n) is 1.77. The summed E-state index contributed by atoms with van der Waals surface area (Å²) in [4.78, 5) is 0. The number of nitrogens with zero attached hydrogens (tertiary/aromatic N) is 1. The molecule has 1 aliphatic heterocycles. The molecule has 1 unspecified atom stereocenters. The van der Waals surface area contributed by atoms with Crippen LogP contribution in [-0.2, 0) is 0 Å². The standard InChI is InChI=1S/C13H17N2/c1-2-15(11-7-4-8-12-15)14-13-9-5-3-6-10-13/h3-11,14H,2,12H2,1H3/q+1. The molecule has 0 bridgehead atoms. The minimum absolute atomic E-state index is 0.792. The van der Waals surface area contributed by atoms with Crippen molar-refractivity contribution >= 4 is 5.69 Å². The van der Waals surface area contributed by atoms with Crippen molar-refractivity contribution in [2.24, 2.45) is 0 Å².